The maximum Gasteiger partial charge on any atom is 0.408 e. The van der Waals surface area contributed by atoms with E-state index < -0.39 is 36.1 Å². The Bertz CT molecular complexity index is 582. The van der Waals surface area contributed by atoms with Crippen molar-refractivity contribution in [2.75, 3.05) is 0 Å². The highest BCUT2D eigenvalue weighted by Gasteiger charge is 2.32. The van der Waals surface area contributed by atoms with Gasteiger partial charge in [-0.25, -0.2) is 9.59 Å². The molecule has 0 fully saturated rings. The summed E-state index contributed by atoms with van der Waals surface area (Å²) in [7, 11) is 0. The van der Waals surface area contributed by atoms with Crippen molar-refractivity contribution in [2.45, 2.75) is 58.3 Å². The van der Waals surface area contributed by atoms with Crippen molar-refractivity contribution in [3.05, 3.63) is 35.9 Å². The average Bonchev–Trinajstić information content (AvgIpc) is 2.59. The topological polar surface area (TPSA) is 102 Å². The molecule has 0 aliphatic heterocycles. The molecule has 0 aliphatic rings. The van der Waals surface area contributed by atoms with Gasteiger partial charge in [-0.05, 0) is 25.3 Å². The number of carboxylic acid groups (broad SMARTS) is 1. The van der Waals surface area contributed by atoms with Crippen molar-refractivity contribution >= 4 is 18.0 Å². The monoisotopic (exact) mass is 351 g/mol. The molecular formula is C18H25NO6. The maximum atomic E-state index is 12.3. The Labute approximate surface area is 147 Å². The van der Waals surface area contributed by atoms with Crippen molar-refractivity contribution in [3.63, 3.8) is 0 Å². The van der Waals surface area contributed by atoms with Crippen LogP contribution in [0.2, 0.25) is 0 Å². The minimum absolute atomic E-state index is 0.0170. The number of carboxylic acids is 1. The van der Waals surface area contributed by atoms with Crippen molar-refractivity contribution in [3.8, 4) is 0 Å². The Morgan fingerprint density at radius 1 is 1.16 bits per heavy atom. The summed E-state index contributed by atoms with van der Waals surface area (Å²) in [5.41, 5.74) is 0.0725. The first kappa shape index (κ1) is 20.5. The van der Waals surface area contributed by atoms with Crippen LogP contribution in [0, 0.1) is 0 Å². The SMILES string of the molecule is CCC(C)(CC)OC(=O)C(CC(=O)O)NC(=O)OCc1ccccc1. The molecule has 1 amide bonds. The van der Waals surface area contributed by atoms with Gasteiger partial charge >= 0.3 is 18.0 Å². The predicted molar refractivity (Wildman–Crippen MR) is 90.9 cm³/mol. The lowest BCUT2D eigenvalue weighted by Crippen LogP contribution is -2.46. The Balaban J connectivity index is 2.66. The smallest absolute Gasteiger partial charge is 0.408 e. The zero-order valence-electron chi connectivity index (χ0n) is 14.8. The van der Waals surface area contributed by atoms with Crippen molar-refractivity contribution in [1.29, 1.82) is 0 Å². The second-order valence-electron chi connectivity index (χ2n) is 5.93. The van der Waals surface area contributed by atoms with Gasteiger partial charge in [-0.2, -0.15) is 0 Å². The number of aliphatic carboxylic acids is 1. The van der Waals surface area contributed by atoms with Crippen LogP contribution >= 0.6 is 0 Å². The molecule has 0 aromatic heterocycles. The van der Waals surface area contributed by atoms with Crippen LogP contribution in [-0.2, 0) is 25.7 Å². The number of nitrogens with one attached hydrogen (secondary N) is 1. The highest BCUT2D eigenvalue weighted by molar-refractivity contribution is 5.86. The quantitative estimate of drug-likeness (QED) is 0.663. The Hall–Kier alpha value is -2.57. The number of hydrogen-bond acceptors (Lipinski definition) is 5. The summed E-state index contributed by atoms with van der Waals surface area (Å²) < 4.78 is 10.4. The lowest BCUT2D eigenvalue weighted by Gasteiger charge is -2.29. The fourth-order valence-electron chi connectivity index (χ4n) is 1.98. The molecular weight excluding hydrogens is 326 g/mol. The van der Waals surface area contributed by atoms with E-state index in [9.17, 15) is 14.4 Å². The van der Waals surface area contributed by atoms with E-state index in [4.69, 9.17) is 14.6 Å². The van der Waals surface area contributed by atoms with Gasteiger partial charge in [0.05, 0.1) is 6.42 Å². The summed E-state index contributed by atoms with van der Waals surface area (Å²) in [5.74, 6) is -2.01. The Morgan fingerprint density at radius 2 is 1.76 bits per heavy atom. The molecule has 138 valence electrons. The minimum Gasteiger partial charge on any atom is -0.481 e. The minimum atomic E-state index is -1.31. The Kier molecular flexibility index (Phi) is 7.91. The molecule has 0 aliphatic carbocycles. The van der Waals surface area contributed by atoms with Gasteiger partial charge in [0.2, 0.25) is 0 Å². The number of ether oxygens (including phenoxy) is 2. The first-order valence-electron chi connectivity index (χ1n) is 8.21. The third-order valence-electron chi connectivity index (χ3n) is 4.01. The van der Waals surface area contributed by atoms with Gasteiger partial charge in [-0.1, -0.05) is 44.2 Å². The van der Waals surface area contributed by atoms with Crippen molar-refractivity contribution < 1.29 is 29.0 Å². The standard InChI is InChI=1S/C18H25NO6/c1-4-18(3,5-2)25-16(22)14(11-15(20)21)19-17(23)24-12-13-9-7-6-8-10-13/h6-10,14H,4-5,11-12H2,1-3H3,(H,19,23)(H,20,21). The third kappa shape index (κ3) is 7.24. The first-order valence-corrected chi connectivity index (χ1v) is 8.21. The van der Waals surface area contributed by atoms with Crippen molar-refractivity contribution in [2.24, 2.45) is 0 Å². The lowest BCUT2D eigenvalue weighted by atomic mass is 10.00. The van der Waals surface area contributed by atoms with Gasteiger partial charge in [-0.15, -0.1) is 0 Å². The molecule has 0 bridgehead atoms. The number of esters is 1. The van der Waals surface area contributed by atoms with E-state index in [2.05, 4.69) is 5.32 Å². The summed E-state index contributed by atoms with van der Waals surface area (Å²) in [4.78, 5) is 35.1. The molecule has 7 heteroatoms. The van der Waals surface area contributed by atoms with Crippen LogP contribution in [-0.4, -0.2) is 34.8 Å². The molecule has 0 saturated carbocycles. The number of benzene rings is 1. The first-order chi connectivity index (χ1) is 11.8. The molecule has 1 atom stereocenters. The molecule has 1 aromatic rings. The number of amides is 1. The van der Waals surface area contributed by atoms with Gasteiger partial charge in [0, 0.05) is 0 Å². The molecule has 1 rings (SSSR count). The van der Waals surface area contributed by atoms with Crippen LogP contribution in [0.15, 0.2) is 30.3 Å². The summed E-state index contributed by atoms with van der Waals surface area (Å²) in [6, 6.07) is 7.70. The second kappa shape index (κ2) is 9.66. The van der Waals surface area contributed by atoms with Crippen LogP contribution in [0.3, 0.4) is 0 Å². The molecule has 1 unspecified atom stereocenters. The van der Waals surface area contributed by atoms with Gasteiger partial charge in [0.1, 0.15) is 18.2 Å². The van der Waals surface area contributed by atoms with E-state index in [0.29, 0.717) is 12.8 Å². The van der Waals surface area contributed by atoms with Gasteiger partial charge in [0.15, 0.2) is 0 Å². The molecule has 0 radical (unpaired) electrons. The van der Waals surface area contributed by atoms with Crippen LogP contribution < -0.4 is 5.32 Å². The summed E-state index contributed by atoms with van der Waals surface area (Å²) in [6.07, 6.45) is -0.300. The van der Waals surface area contributed by atoms with Crippen LogP contribution in [0.1, 0.15) is 45.6 Å². The van der Waals surface area contributed by atoms with E-state index in [0.717, 1.165) is 5.56 Å². The van der Waals surface area contributed by atoms with E-state index in [-0.39, 0.29) is 6.61 Å². The number of rotatable bonds is 9. The number of alkyl carbamates (subject to hydrolysis) is 1. The molecule has 2 N–H and O–H groups in total. The summed E-state index contributed by atoms with van der Waals surface area (Å²) in [5, 5.41) is 11.2. The fourth-order valence-corrected chi connectivity index (χ4v) is 1.98. The molecule has 0 spiro atoms. The van der Waals surface area contributed by atoms with Gasteiger partial charge < -0.3 is 19.9 Å². The van der Waals surface area contributed by atoms with Gasteiger partial charge in [0.25, 0.3) is 0 Å². The molecule has 7 nitrogen and oxygen atoms in total. The van der Waals surface area contributed by atoms with Crippen molar-refractivity contribution in [1.82, 2.24) is 5.32 Å². The van der Waals surface area contributed by atoms with E-state index >= 15 is 0 Å². The maximum absolute atomic E-state index is 12.3. The zero-order chi connectivity index (χ0) is 18.9. The highest BCUT2D eigenvalue weighted by Crippen LogP contribution is 2.20. The second-order valence-corrected chi connectivity index (χ2v) is 5.93. The summed E-state index contributed by atoms with van der Waals surface area (Å²) in [6.45, 7) is 5.51. The number of hydrogen-bond donors (Lipinski definition) is 2. The highest BCUT2D eigenvalue weighted by atomic mass is 16.6. The molecule has 0 heterocycles. The fraction of sp³-hybridized carbons (Fsp3) is 0.500. The van der Waals surface area contributed by atoms with Crippen LogP contribution in [0.4, 0.5) is 4.79 Å². The predicted octanol–water partition coefficient (Wildman–Crippen LogP) is 2.88. The number of carbonyl (C=O) groups is 3. The normalized spacial score (nSPS) is 12.1. The lowest BCUT2D eigenvalue weighted by molar-refractivity contribution is -0.163. The van der Waals surface area contributed by atoms with E-state index in [1.807, 2.05) is 19.9 Å². The average molecular weight is 351 g/mol. The molecule has 1 aromatic carbocycles. The third-order valence-corrected chi connectivity index (χ3v) is 4.01. The molecule has 25 heavy (non-hydrogen) atoms. The van der Waals surface area contributed by atoms with E-state index in [1.165, 1.54) is 0 Å². The number of carbonyl (C=O) groups excluding carboxylic acids is 2. The molecule has 0 saturated heterocycles. The Morgan fingerprint density at radius 3 is 2.28 bits per heavy atom. The van der Waals surface area contributed by atoms with Crippen LogP contribution in [0.25, 0.3) is 0 Å². The van der Waals surface area contributed by atoms with Gasteiger partial charge in [-0.3, -0.25) is 4.79 Å². The summed E-state index contributed by atoms with van der Waals surface area (Å²) >= 11 is 0. The van der Waals surface area contributed by atoms with E-state index in [1.54, 1.807) is 31.2 Å². The largest absolute Gasteiger partial charge is 0.481 e. The van der Waals surface area contributed by atoms with Crippen LogP contribution in [0.5, 0.6) is 0 Å². The zero-order valence-corrected chi connectivity index (χ0v) is 14.8.